The van der Waals surface area contributed by atoms with Gasteiger partial charge in [-0.1, -0.05) is 12.1 Å². The number of halogens is 1. The maximum absolute atomic E-state index is 13.2. The van der Waals surface area contributed by atoms with Gasteiger partial charge >= 0.3 is 0 Å². The Morgan fingerprint density at radius 2 is 1.90 bits per heavy atom. The lowest BCUT2D eigenvalue weighted by Gasteiger charge is -2.16. The Labute approximate surface area is 175 Å². The first-order valence-corrected chi connectivity index (χ1v) is 9.92. The van der Waals surface area contributed by atoms with Crippen molar-refractivity contribution in [3.05, 3.63) is 77.4 Å². The number of hydrogen-bond donors (Lipinski definition) is 1. The Bertz CT molecular complexity index is 986. The van der Waals surface area contributed by atoms with Gasteiger partial charge in [-0.2, -0.15) is 5.10 Å². The molecule has 1 heterocycles. The molecule has 1 amide bonds. The highest BCUT2D eigenvalue weighted by atomic mass is 19.1. The highest BCUT2D eigenvalue weighted by Crippen LogP contribution is 2.23. The van der Waals surface area contributed by atoms with Crippen molar-refractivity contribution in [3.63, 3.8) is 0 Å². The molecule has 2 aromatic carbocycles. The van der Waals surface area contributed by atoms with Crippen LogP contribution >= 0.6 is 0 Å². The predicted octanol–water partition coefficient (Wildman–Crippen LogP) is 4.23. The lowest BCUT2D eigenvalue weighted by Crippen LogP contribution is -2.27. The minimum Gasteiger partial charge on any atom is -0.490 e. The molecular formula is C23H26FN3O3. The van der Waals surface area contributed by atoms with E-state index >= 15 is 0 Å². The summed E-state index contributed by atoms with van der Waals surface area (Å²) in [6, 6.07) is 13.0. The molecule has 158 valence electrons. The van der Waals surface area contributed by atoms with Crippen LogP contribution in [0.15, 0.2) is 54.7 Å². The Kier molecular flexibility index (Phi) is 7.19. The molecule has 0 radical (unpaired) electrons. The van der Waals surface area contributed by atoms with Gasteiger partial charge in [0.2, 0.25) is 0 Å². The van der Waals surface area contributed by atoms with E-state index in [0.29, 0.717) is 31.1 Å². The summed E-state index contributed by atoms with van der Waals surface area (Å²) in [5.41, 5.74) is 2.97. The van der Waals surface area contributed by atoms with Gasteiger partial charge in [0.15, 0.2) is 0 Å². The van der Waals surface area contributed by atoms with Crippen molar-refractivity contribution in [2.24, 2.45) is 0 Å². The van der Waals surface area contributed by atoms with E-state index in [2.05, 4.69) is 10.4 Å². The van der Waals surface area contributed by atoms with Crippen molar-refractivity contribution >= 4 is 5.91 Å². The number of aromatic nitrogens is 2. The average Bonchev–Trinajstić information content (AvgIpc) is 3.13. The topological polar surface area (TPSA) is 65.4 Å². The van der Waals surface area contributed by atoms with Crippen LogP contribution in [0.2, 0.25) is 0 Å². The maximum Gasteiger partial charge on any atom is 0.255 e. The number of nitrogens with one attached hydrogen (secondary N) is 1. The van der Waals surface area contributed by atoms with Gasteiger partial charge in [-0.25, -0.2) is 9.07 Å². The molecule has 7 heteroatoms. The molecule has 1 N–H and O–H groups in total. The van der Waals surface area contributed by atoms with E-state index in [0.717, 1.165) is 16.9 Å². The first-order valence-electron chi connectivity index (χ1n) is 9.92. The maximum atomic E-state index is 13.2. The quantitative estimate of drug-likeness (QED) is 0.535. The zero-order valence-electron chi connectivity index (χ0n) is 17.4. The van der Waals surface area contributed by atoms with Crippen molar-refractivity contribution in [1.29, 1.82) is 0 Å². The van der Waals surface area contributed by atoms with Gasteiger partial charge in [0, 0.05) is 17.9 Å². The normalized spacial score (nSPS) is 11.9. The van der Waals surface area contributed by atoms with E-state index in [-0.39, 0.29) is 17.8 Å². The van der Waals surface area contributed by atoms with Crippen LogP contribution in [0.5, 0.6) is 5.75 Å². The van der Waals surface area contributed by atoms with Gasteiger partial charge in [0.1, 0.15) is 18.2 Å². The van der Waals surface area contributed by atoms with Crippen LogP contribution in [0.25, 0.3) is 5.69 Å². The molecule has 3 aromatic rings. The molecule has 1 unspecified atom stereocenters. The van der Waals surface area contributed by atoms with Crippen molar-refractivity contribution in [2.75, 3.05) is 19.8 Å². The van der Waals surface area contributed by atoms with E-state index in [1.165, 1.54) is 12.1 Å². The standard InChI is InChI=1S/C23H26FN3O3/c1-4-29-13-14-30-22-8-6-5-7-20(22)23(28)26-16(2)21-15-25-27(17(21)3)19-11-9-18(24)10-12-19/h5-12,15-16H,4,13-14H2,1-3H3,(H,26,28). The third kappa shape index (κ3) is 5.04. The third-order valence-corrected chi connectivity index (χ3v) is 4.75. The molecular weight excluding hydrogens is 385 g/mol. The Morgan fingerprint density at radius 1 is 1.17 bits per heavy atom. The molecule has 0 spiro atoms. The van der Waals surface area contributed by atoms with Gasteiger partial charge in [-0.3, -0.25) is 4.79 Å². The largest absolute Gasteiger partial charge is 0.490 e. The summed E-state index contributed by atoms with van der Waals surface area (Å²) in [4.78, 5) is 12.9. The smallest absolute Gasteiger partial charge is 0.255 e. The van der Waals surface area contributed by atoms with Gasteiger partial charge in [0.25, 0.3) is 5.91 Å². The number of benzene rings is 2. The minimum absolute atomic E-state index is 0.233. The molecule has 0 bridgehead atoms. The zero-order valence-corrected chi connectivity index (χ0v) is 17.4. The SMILES string of the molecule is CCOCCOc1ccccc1C(=O)NC(C)c1cnn(-c2ccc(F)cc2)c1C. The second kappa shape index (κ2) is 10.0. The molecule has 0 aliphatic heterocycles. The van der Waals surface area contributed by atoms with Gasteiger partial charge < -0.3 is 14.8 Å². The summed E-state index contributed by atoms with van der Waals surface area (Å²) in [7, 11) is 0. The summed E-state index contributed by atoms with van der Waals surface area (Å²) in [6.45, 7) is 7.19. The summed E-state index contributed by atoms with van der Waals surface area (Å²) in [5.74, 6) is -0.0179. The van der Waals surface area contributed by atoms with E-state index in [1.54, 1.807) is 41.2 Å². The molecule has 0 fully saturated rings. The number of hydrogen-bond acceptors (Lipinski definition) is 4. The second-order valence-electron chi connectivity index (χ2n) is 6.81. The van der Waals surface area contributed by atoms with E-state index in [4.69, 9.17) is 9.47 Å². The van der Waals surface area contributed by atoms with Crippen LogP contribution in [0.3, 0.4) is 0 Å². The molecule has 0 saturated carbocycles. The van der Waals surface area contributed by atoms with Gasteiger partial charge in [0.05, 0.1) is 30.1 Å². The predicted molar refractivity (Wildman–Crippen MR) is 113 cm³/mol. The number of carbonyl (C=O) groups excluding carboxylic acids is 1. The number of carbonyl (C=O) groups is 1. The summed E-state index contributed by atoms with van der Waals surface area (Å²) in [5, 5.41) is 7.40. The molecule has 1 atom stereocenters. The van der Waals surface area contributed by atoms with E-state index in [9.17, 15) is 9.18 Å². The lowest BCUT2D eigenvalue weighted by molar-refractivity contribution is 0.0923. The van der Waals surface area contributed by atoms with Crippen molar-refractivity contribution in [1.82, 2.24) is 15.1 Å². The van der Waals surface area contributed by atoms with Gasteiger partial charge in [-0.15, -0.1) is 0 Å². The Morgan fingerprint density at radius 3 is 2.63 bits per heavy atom. The number of para-hydroxylation sites is 1. The second-order valence-corrected chi connectivity index (χ2v) is 6.81. The van der Waals surface area contributed by atoms with Crippen LogP contribution in [-0.4, -0.2) is 35.5 Å². The molecule has 3 rings (SSSR count). The van der Waals surface area contributed by atoms with Crippen molar-refractivity contribution in [2.45, 2.75) is 26.8 Å². The van der Waals surface area contributed by atoms with Gasteiger partial charge in [-0.05, 0) is 57.2 Å². The average molecular weight is 411 g/mol. The first-order chi connectivity index (χ1) is 14.5. The fourth-order valence-electron chi connectivity index (χ4n) is 3.18. The first kappa shape index (κ1) is 21.5. The van der Waals surface area contributed by atoms with Crippen LogP contribution in [0.4, 0.5) is 4.39 Å². The van der Waals surface area contributed by atoms with Crippen molar-refractivity contribution < 1.29 is 18.7 Å². The van der Waals surface area contributed by atoms with Crippen LogP contribution in [0, 0.1) is 12.7 Å². The Balaban J connectivity index is 1.71. The van der Waals surface area contributed by atoms with E-state index < -0.39 is 0 Å². The molecule has 1 aromatic heterocycles. The molecule has 0 aliphatic carbocycles. The number of rotatable bonds is 9. The summed E-state index contributed by atoms with van der Waals surface area (Å²) >= 11 is 0. The summed E-state index contributed by atoms with van der Waals surface area (Å²) < 4.78 is 25.9. The highest BCUT2D eigenvalue weighted by Gasteiger charge is 2.19. The molecule has 6 nitrogen and oxygen atoms in total. The van der Waals surface area contributed by atoms with Crippen molar-refractivity contribution in [3.8, 4) is 11.4 Å². The zero-order chi connectivity index (χ0) is 21.5. The highest BCUT2D eigenvalue weighted by molar-refractivity contribution is 5.97. The lowest BCUT2D eigenvalue weighted by atomic mass is 10.1. The minimum atomic E-state index is -0.299. The molecule has 30 heavy (non-hydrogen) atoms. The monoisotopic (exact) mass is 411 g/mol. The van der Waals surface area contributed by atoms with Crippen LogP contribution in [-0.2, 0) is 4.74 Å². The number of amides is 1. The van der Waals surface area contributed by atoms with E-state index in [1.807, 2.05) is 26.8 Å². The fourth-order valence-corrected chi connectivity index (χ4v) is 3.18. The molecule has 0 aliphatic rings. The fraction of sp³-hybridized carbons (Fsp3) is 0.304. The summed E-state index contributed by atoms with van der Waals surface area (Å²) in [6.07, 6.45) is 1.72. The van der Waals surface area contributed by atoms with Crippen LogP contribution in [0.1, 0.15) is 41.5 Å². The Hall–Kier alpha value is -3.19. The third-order valence-electron chi connectivity index (χ3n) is 4.75. The van der Waals surface area contributed by atoms with Crippen LogP contribution < -0.4 is 10.1 Å². The number of nitrogens with zero attached hydrogens (tertiary/aromatic N) is 2. The molecule has 0 saturated heterocycles. The number of ether oxygens (including phenoxy) is 2.